The summed E-state index contributed by atoms with van der Waals surface area (Å²) in [7, 11) is 0. The van der Waals surface area contributed by atoms with Crippen molar-refractivity contribution in [3.05, 3.63) is 11.6 Å². The van der Waals surface area contributed by atoms with Crippen LogP contribution in [0, 0.1) is 23.2 Å². The summed E-state index contributed by atoms with van der Waals surface area (Å²) in [6.07, 6.45) is 5.17. The Balaban J connectivity index is 1.95. The molecule has 0 spiro atoms. The molecule has 1 heterocycles. The number of carboxylic acids is 1. The fraction of sp³-hybridized carbons (Fsp3) is 0.778. The van der Waals surface area contributed by atoms with Gasteiger partial charge in [-0.3, -0.25) is 9.59 Å². The van der Waals surface area contributed by atoms with Gasteiger partial charge in [0.2, 0.25) is 5.91 Å². The first-order valence-corrected chi connectivity index (χ1v) is 8.39. The molecular weight excluding hydrogens is 278 g/mol. The Morgan fingerprint density at radius 3 is 2.59 bits per heavy atom. The van der Waals surface area contributed by atoms with E-state index in [1.54, 1.807) is 0 Å². The normalized spacial score (nSPS) is 29.8. The fourth-order valence-electron chi connectivity index (χ4n) is 3.84. The van der Waals surface area contributed by atoms with Crippen LogP contribution in [0.1, 0.15) is 53.4 Å². The van der Waals surface area contributed by atoms with Gasteiger partial charge in [-0.05, 0) is 50.4 Å². The van der Waals surface area contributed by atoms with E-state index < -0.39 is 5.97 Å². The van der Waals surface area contributed by atoms with Crippen LogP contribution in [0.4, 0.5) is 0 Å². The molecule has 0 aromatic heterocycles. The third kappa shape index (κ3) is 3.71. The Hall–Kier alpha value is -1.32. The van der Waals surface area contributed by atoms with Gasteiger partial charge >= 0.3 is 5.97 Å². The minimum Gasteiger partial charge on any atom is -0.481 e. The average molecular weight is 307 g/mol. The summed E-state index contributed by atoms with van der Waals surface area (Å²) in [5.41, 5.74) is 1.33. The first kappa shape index (κ1) is 17.0. The Labute approximate surface area is 133 Å². The molecule has 2 fully saturated rings. The van der Waals surface area contributed by atoms with Gasteiger partial charge in [0.05, 0.1) is 5.92 Å². The quantitative estimate of drug-likeness (QED) is 0.793. The molecule has 0 aromatic carbocycles. The van der Waals surface area contributed by atoms with E-state index in [0.29, 0.717) is 18.3 Å². The average Bonchev–Trinajstić information content (AvgIpc) is 2.96. The number of allylic oxidation sites excluding steroid dienone is 2. The van der Waals surface area contributed by atoms with Crippen molar-refractivity contribution >= 4 is 11.9 Å². The van der Waals surface area contributed by atoms with Crippen molar-refractivity contribution in [2.24, 2.45) is 23.2 Å². The number of hydrogen-bond acceptors (Lipinski definition) is 2. The number of carbonyl (C=O) groups excluding carboxylic acids is 1. The van der Waals surface area contributed by atoms with Crippen molar-refractivity contribution in [3.63, 3.8) is 0 Å². The van der Waals surface area contributed by atoms with E-state index in [1.165, 1.54) is 5.57 Å². The van der Waals surface area contributed by atoms with Crippen LogP contribution in [-0.2, 0) is 9.59 Å². The van der Waals surface area contributed by atoms with Crippen molar-refractivity contribution < 1.29 is 14.7 Å². The summed E-state index contributed by atoms with van der Waals surface area (Å²) in [6, 6.07) is 0. The van der Waals surface area contributed by atoms with Gasteiger partial charge in [-0.1, -0.05) is 25.5 Å². The second-order valence-electron chi connectivity index (χ2n) is 7.79. The molecule has 4 nitrogen and oxygen atoms in total. The van der Waals surface area contributed by atoms with Crippen molar-refractivity contribution in [3.8, 4) is 0 Å². The third-order valence-corrected chi connectivity index (χ3v) is 5.29. The molecule has 1 aliphatic carbocycles. The monoisotopic (exact) mass is 307 g/mol. The molecule has 22 heavy (non-hydrogen) atoms. The van der Waals surface area contributed by atoms with Crippen molar-refractivity contribution in [1.82, 2.24) is 4.90 Å². The van der Waals surface area contributed by atoms with Crippen LogP contribution in [0.3, 0.4) is 0 Å². The standard InChI is InChI=1S/C18H29NO3/c1-12(2)10-14-16(18(14,3)4)17(22)19-9-5-6-13(11-19)7-8-15(20)21/h10,13-14,16H,5-9,11H2,1-4H3,(H,20,21)/t13-,14+,16+/m0/s1. The second kappa shape index (κ2) is 6.43. The van der Waals surface area contributed by atoms with Gasteiger partial charge in [0.15, 0.2) is 0 Å². The van der Waals surface area contributed by atoms with Crippen LogP contribution in [0.5, 0.6) is 0 Å². The summed E-state index contributed by atoms with van der Waals surface area (Å²) in [5.74, 6) is 0.325. The van der Waals surface area contributed by atoms with E-state index >= 15 is 0 Å². The molecule has 0 unspecified atom stereocenters. The van der Waals surface area contributed by atoms with E-state index in [0.717, 1.165) is 25.9 Å². The van der Waals surface area contributed by atoms with Gasteiger partial charge in [-0.15, -0.1) is 0 Å². The Kier molecular flexibility index (Phi) is 4.98. The molecule has 4 heteroatoms. The first-order chi connectivity index (χ1) is 10.2. The highest BCUT2D eigenvalue weighted by Gasteiger charge is 2.61. The number of carboxylic acid groups (broad SMARTS) is 1. The number of rotatable bonds is 5. The first-order valence-electron chi connectivity index (χ1n) is 8.39. The van der Waals surface area contributed by atoms with Gasteiger partial charge < -0.3 is 10.0 Å². The minimum absolute atomic E-state index is 0.0579. The lowest BCUT2D eigenvalue weighted by Crippen LogP contribution is -2.41. The van der Waals surface area contributed by atoms with Gasteiger partial charge in [-0.2, -0.15) is 0 Å². The molecule has 1 aliphatic heterocycles. The van der Waals surface area contributed by atoms with Gasteiger partial charge in [0.1, 0.15) is 0 Å². The van der Waals surface area contributed by atoms with Crippen LogP contribution in [0.2, 0.25) is 0 Å². The topological polar surface area (TPSA) is 57.6 Å². The van der Waals surface area contributed by atoms with Crippen LogP contribution < -0.4 is 0 Å². The van der Waals surface area contributed by atoms with Gasteiger partial charge in [0, 0.05) is 19.5 Å². The zero-order chi connectivity index (χ0) is 16.5. The molecule has 0 aromatic rings. The van der Waals surface area contributed by atoms with Crippen LogP contribution in [0.15, 0.2) is 11.6 Å². The molecular formula is C18H29NO3. The highest BCUT2D eigenvalue weighted by Crippen LogP contribution is 2.60. The third-order valence-electron chi connectivity index (χ3n) is 5.29. The maximum atomic E-state index is 12.8. The smallest absolute Gasteiger partial charge is 0.303 e. The summed E-state index contributed by atoms with van der Waals surface area (Å²) < 4.78 is 0. The molecule has 1 saturated heterocycles. The lowest BCUT2D eigenvalue weighted by atomic mass is 9.93. The van der Waals surface area contributed by atoms with Crippen molar-refractivity contribution in [1.29, 1.82) is 0 Å². The van der Waals surface area contributed by atoms with Gasteiger partial charge in [-0.25, -0.2) is 0 Å². The molecule has 3 atom stereocenters. The zero-order valence-corrected chi connectivity index (χ0v) is 14.3. The van der Waals surface area contributed by atoms with Crippen LogP contribution in [0.25, 0.3) is 0 Å². The number of hydrogen-bond donors (Lipinski definition) is 1. The van der Waals surface area contributed by atoms with Crippen molar-refractivity contribution in [2.45, 2.75) is 53.4 Å². The summed E-state index contributed by atoms with van der Waals surface area (Å²) >= 11 is 0. The summed E-state index contributed by atoms with van der Waals surface area (Å²) in [4.78, 5) is 25.5. The highest BCUT2D eigenvalue weighted by molar-refractivity contribution is 5.84. The lowest BCUT2D eigenvalue weighted by Gasteiger charge is -2.33. The maximum Gasteiger partial charge on any atom is 0.303 e. The number of aliphatic carboxylic acids is 1. The molecule has 1 saturated carbocycles. The van der Waals surface area contributed by atoms with E-state index in [9.17, 15) is 9.59 Å². The fourth-order valence-corrected chi connectivity index (χ4v) is 3.84. The lowest BCUT2D eigenvalue weighted by molar-refractivity contribution is -0.137. The molecule has 2 rings (SSSR count). The Morgan fingerprint density at radius 2 is 2.00 bits per heavy atom. The maximum absolute atomic E-state index is 12.8. The molecule has 124 valence electrons. The van der Waals surface area contributed by atoms with Gasteiger partial charge in [0.25, 0.3) is 0 Å². The number of nitrogens with zero attached hydrogens (tertiary/aromatic N) is 1. The Morgan fingerprint density at radius 1 is 1.32 bits per heavy atom. The predicted octanol–water partition coefficient (Wildman–Crippen LogP) is 3.33. The van der Waals surface area contributed by atoms with E-state index in [1.807, 2.05) is 4.90 Å². The van der Waals surface area contributed by atoms with E-state index in [2.05, 4.69) is 33.8 Å². The largest absolute Gasteiger partial charge is 0.481 e. The van der Waals surface area contributed by atoms with Crippen molar-refractivity contribution in [2.75, 3.05) is 13.1 Å². The van der Waals surface area contributed by atoms with E-state index in [-0.39, 0.29) is 23.7 Å². The molecule has 0 radical (unpaired) electrons. The molecule has 0 bridgehead atoms. The Bertz CT molecular complexity index is 477. The predicted molar refractivity (Wildman–Crippen MR) is 86.4 cm³/mol. The molecule has 2 aliphatic rings. The SMILES string of the molecule is CC(C)=C[C@@H]1[C@H](C(=O)N2CCC[C@@H](CCC(=O)O)C2)C1(C)C. The van der Waals surface area contributed by atoms with Crippen LogP contribution >= 0.6 is 0 Å². The van der Waals surface area contributed by atoms with Crippen LogP contribution in [-0.4, -0.2) is 35.0 Å². The highest BCUT2D eigenvalue weighted by atomic mass is 16.4. The summed E-state index contributed by atoms with van der Waals surface area (Å²) in [5, 5.41) is 8.82. The molecule has 1 amide bonds. The van der Waals surface area contributed by atoms with E-state index in [4.69, 9.17) is 5.11 Å². The number of amides is 1. The minimum atomic E-state index is -0.740. The number of likely N-dealkylation sites (tertiary alicyclic amines) is 1. The number of carbonyl (C=O) groups is 2. The molecule has 1 N–H and O–H groups in total. The zero-order valence-electron chi connectivity index (χ0n) is 14.3. The summed E-state index contributed by atoms with van der Waals surface area (Å²) in [6.45, 7) is 10.1. The second-order valence-corrected chi connectivity index (χ2v) is 7.79. The number of piperidine rings is 1.